The van der Waals surface area contributed by atoms with E-state index in [1.165, 1.54) is 23.8 Å². The monoisotopic (exact) mass is 1380 g/mol. The van der Waals surface area contributed by atoms with Crippen molar-refractivity contribution in [2.75, 3.05) is 166 Å². The van der Waals surface area contributed by atoms with Crippen molar-refractivity contribution in [1.82, 2.24) is 34.3 Å². The molecule has 0 saturated carbocycles. The molecule has 10 aliphatic rings. The van der Waals surface area contributed by atoms with Crippen LogP contribution in [-0.2, 0) is 30.5 Å². The Labute approximate surface area is 585 Å². The Balaban J connectivity index is 0.000000134. The molecule has 0 N–H and O–H groups in total. The van der Waals surface area contributed by atoms with E-state index < -0.39 is 0 Å². The molecule has 23 heteroatoms. The molecular weight excluding hydrogens is 1280 g/mol. The van der Waals surface area contributed by atoms with Gasteiger partial charge in [0, 0.05) is 163 Å². The predicted molar refractivity (Wildman–Crippen MR) is 379 cm³/mol. The molecule has 1 atom stereocenters. The van der Waals surface area contributed by atoms with E-state index in [1.807, 2.05) is 47.4 Å². The summed E-state index contributed by atoms with van der Waals surface area (Å²) >= 11 is 1.56. The van der Waals surface area contributed by atoms with Crippen LogP contribution in [0.2, 0.25) is 0 Å². The van der Waals surface area contributed by atoms with E-state index in [2.05, 4.69) is 37.8 Å². The molecule has 0 bridgehead atoms. The van der Waals surface area contributed by atoms with Crippen molar-refractivity contribution in [2.24, 2.45) is 0 Å². The molecule has 0 unspecified atom stereocenters. The van der Waals surface area contributed by atoms with Crippen LogP contribution in [0.25, 0.3) is 0 Å². The summed E-state index contributed by atoms with van der Waals surface area (Å²) in [6.45, 7) is 15.5. The van der Waals surface area contributed by atoms with Gasteiger partial charge in [0.05, 0.1) is 31.6 Å². The number of amides is 7. The number of hydrogen-bond donors (Lipinski definition) is 0. The van der Waals surface area contributed by atoms with E-state index in [-0.39, 0.29) is 69.8 Å². The van der Waals surface area contributed by atoms with Crippen molar-refractivity contribution in [1.29, 1.82) is 0 Å². The van der Waals surface area contributed by atoms with Gasteiger partial charge in [0.2, 0.25) is 5.91 Å². The third-order valence-corrected chi connectivity index (χ3v) is 24.2. The number of anilines is 4. The number of hydrogen-bond acceptors (Lipinski definition) is 13. The Kier molecular flexibility index (Phi) is 21.0. The van der Waals surface area contributed by atoms with Crippen molar-refractivity contribution in [3.05, 3.63) is 135 Å². The van der Waals surface area contributed by atoms with Crippen LogP contribution in [0.5, 0.6) is 5.75 Å². The minimum atomic E-state index is -0.251. The van der Waals surface area contributed by atoms with E-state index >= 15 is 0 Å². The summed E-state index contributed by atoms with van der Waals surface area (Å²) in [5.41, 5.74) is 7.41. The second-order valence-electron chi connectivity index (χ2n) is 29.6. The summed E-state index contributed by atoms with van der Waals surface area (Å²) in [7, 11) is 8.65. The number of carbonyl (C=O) groups is 5. The highest BCUT2D eigenvalue weighted by Gasteiger charge is 2.51. The topological polar surface area (TPSA) is 149 Å². The number of halogens is 3. The van der Waals surface area contributed by atoms with Gasteiger partial charge in [0.25, 0.3) is 5.91 Å². The predicted octanol–water partition coefficient (Wildman–Crippen LogP) is 11.3. The molecule has 3 spiro atoms. The first-order valence-electron chi connectivity index (χ1n) is 35.9. The average Bonchev–Trinajstić information content (AvgIpc) is 1.61. The minimum absolute atomic E-state index is 0.0511. The number of nitrogens with zero attached hydrogens (tertiary/aromatic N) is 11. The SMILES string of the molecule is CC(=O)N1CC2(CCN(C3CCN(C(=O)O[C@H]4CCOC4)CC3)CC2)c2ccccc21.CN(C)C(=O)N1CC2(CCN(C3CCN(C(=O)c4ccsc4)CC3)CC2)c2cc(F)ccc21.COc1ccc(F)cc1N1CCC(N2CCC3(CC2)CN(C(=O)N(C)C)c2ccc(F)cc23)CC1. The van der Waals surface area contributed by atoms with Gasteiger partial charge in [-0.3, -0.25) is 19.4 Å². The molecule has 19 nitrogen and oxygen atoms in total. The van der Waals surface area contributed by atoms with Crippen LogP contribution >= 0.6 is 11.3 Å². The van der Waals surface area contributed by atoms with E-state index in [9.17, 15) is 37.1 Å². The lowest BCUT2D eigenvalue weighted by Gasteiger charge is -2.45. The fraction of sp³-hybridized carbons (Fsp3) is 0.566. The minimum Gasteiger partial charge on any atom is -0.495 e. The van der Waals surface area contributed by atoms with Crippen LogP contribution in [-0.4, -0.2) is 235 Å². The third kappa shape index (κ3) is 14.5. The van der Waals surface area contributed by atoms with E-state index in [0.29, 0.717) is 50.2 Å². The largest absolute Gasteiger partial charge is 0.495 e. The molecule has 1 aromatic heterocycles. The zero-order valence-electron chi connectivity index (χ0n) is 58.5. The lowest BCUT2D eigenvalue weighted by molar-refractivity contribution is -0.116. The zero-order chi connectivity index (χ0) is 69.3. The highest BCUT2D eigenvalue weighted by atomic mass is 32.1. The maximum absolute atomic E-state index is 14.2. The summed E-state index contributed by atoms with van der Waals surface area (Å²) in [5, 5.41) is 3.87. The molecule has 5 aromatic rings. The molecule has 99 heavy (non-hydrogen) atoms. The normalized spacial score (nSPS) is 22.3. The van der Waals surface area contributed by atoms with Gasteiger partial charge in [0.1, 0.15) is 29.3 Å². The van der Waals surface area contributed by atoms with Crippen LogP contribution in [0.15, 0.2) is 95.7 Å². The summed E-state index contributed by atoms with van der Waals surface area (Å²) in [4.78, 5) is 85.5. The van der Waals surface area contributed by atoms with Crippen molar-refractivity contribution in [2.45, 2.75) is 131 Å². The Hall–Kier alpha value is -7.44. The zero-order valence-corrected chi connectivity index (χ0v) is 59.3. The Morgan fingerprint density at radius 3 is 1.43 bits per heavy atom. The molecule has 11 heterocycles. The standard InChI is InChI=1S/C27H34F2N4O2.C25H31FN4O2S.C24H33N3O4/c1-30(2)26(34)33-18-27(22-16-19(28)4-6-23(22)33)10-14-31(15-11-27)21-8-12-32(13-9-21)24-17-20(29)5-7-25(24)35-3;1-27(2)24(32)30-17-25(21-15-19(26)3-4-22(21)30)8-12-28(13-9-25)20-5-10-29(11-6-20)23(31)18-7-14-33-16-18;1-18(28)27-17-24(21-4-2-3-5-22(21)27)9-13-25(14-10-24)19-6-11-26(12-7-19)23(29)31-20-8-15-30-16-20/h4-7,16-17,21H,8-15,18H2,1-3H3;3-4,7,14-16,20H,5-6,8-13,17H2,1-2H3;2-5,19-20H,6-17H2,1H3/t;;20-/m..0/s1. The van der Waals surface area contributed by atoms with Gasteiger partial charge in [-0.05, 0) is 199 Å². The highest BCUT2D eigenvalue weighted by molar-refractivity contribution is 7.08. The van der Waals surface area contributed by atoms with Crippen LogP contribution in [0, 0.1) is 17.5 Å². The first kappa shape index (κ1) is 70.0. The molecule has 10 aliphatic heterocycles. The number of piperidine rings is 6. The summed E-state index contributed by atoms with van der Waals surface area (Å²) < 4.78 is 58.6. The van der Waals surface area contributed by atoms with E-state index in [4.69, 9.17) is 14.2 Å². The second-order valence-corrected chi connectivity index (χ2v) is 30.4. The number of rotatable bonds is 7. The fourth-order valence-electron chi connectivity index (χ4n) is 17.9. The van der Waals surface area contributed by atoms with Crippen molar-refractivity contribution in [3.63, 3.8) is 0 Å². The Morgan fingerprint density at radius 1 is 0.515 bits per heavy atom. The number of ether oxygens (including phenoxy) is 3. The van der Waals surface area contributed by atoms with Gasteiger partial charge in [-0.2, -0.15) is 11.3 Å². The van der Waals surface area contributed by atoms with E-state index in [0.717, 1.165) is 208 Å². The smallest absolute Gasteiger partial charge is 0.410 e. The maximum atomic E-state index is 14.2. The number of methoxy groups -OCH3 is 1. The number of para-hydroxylation sites is 1. The maximum Gasteiger partial charge on any atom is 0.410 e. The number of likely N-dealkylation sites (tertiary alicyclic amines) is 5. The first-order valence-corrected chi connectivity index (χ1v) is 36.8. The van der Waals surface area contributed by atoms with Gasteiger partial charge in [-0.1, -0.05) is 18.2 Å². The molecule has 7 saturated heterocycles. The second kappa shape index (κ2) is 29.6. The lowest BCUT2D eigenvalue weighted by Crippen LogP contribution is -2.52. The third-order valence-electron chi connectivity index (χ3n) is 23.6. The molecule has 0 aliphatic carbocycles. The number of carbonyl (C=O) groups excluding carboxylic acids is 5. The van der Waals surface area contributed by atoms with Crippen LogP contribution in [0.4, 0.5) is 50.3 Å². The van der Waals surface area contributed by atoms with Gasteiger partial charge in [0.15, 0.2) is 0 Å². The number of urea groups is 2. The molecular formula is C76H98F3N11O8S. The lowest BCUT2D eigenvalue weighted by atomic mass is 9.74. The average molecular weight is 1380 g/mol. The summed E-state index contributed by atoms with van der Waals surface area (Å²) in [6.07, 6.45) is 12.3. The van der Waals surface area contributed by atoms with Gasteiger partial charge in [-0.25, -0.2) is 27.6 Å². The number of fused-ring (bicyclic) bond motifs is 6. The Morgan fingerprint density at radius 2 is 0.970 bits per heavy atom. The van der Waals surface area contributed by atoms with Crippen molar-refractivity contribution >= 4 is 64.1 Å². The Bertz CT molecular complexity index is 3700. The summed E-state index contributed by atoms with van der Waals surface area (Å²) in [5.74, 6) is 0.244. The quantitative estimate of drug-likeness (QED) is 0.153. The molecule has 0 radical (unpaired) electrons. The van der Waals surface area contributed by atoms with Crippen LogP contribution < -0.4 is 24.3 Å². The van der Waals surface area contributed by atoms with Gasteiger partial charge >= 0.3 is 18.2 Å². The highest BCUT2D eigenvalue weighted by Crippen LogP contribution is 2.51. The van der Waals surface area contributed by atoms with E-state index in [1.54, 1.807) is 99.8 Å². The first-order chi connectivity index (χ1) is 47.7. The molecule has 532 valence electrons. The van der Waals surface area contributed by atoms with Gasteiger partial charge < -0.3 is 58.3 Å². The van der Waals surface area contributed by atoms with Crippen LogP contribution in [0.3, 0.4) is 0 Å². The number of thiophene rings is 1. The van der Waals surface area contributed by atoms with Gasteiger partial charge in [-0.15, -0.1) is 0 Å². The van der Waals surface area contributed by atoms with Crippen molar-refractivity contribution in [3.8, 4) is 5.75 Å². The number of benzene rings is 4. The van der Waals surface area contributed by atoms with Crippen molar-refractivity contribution < 1.29 is 51.4 Å². The molecule has 15 rings (SSSR count). The fourth-order valence-corrected chi connectivity index (χ4v) is 18.5. The molecule has 4 aromatic carbocycles. The molecule has 7 amide bonds. The van der Waals surface area contributed by atoms with Crippen LogP contribution in [0.1, 0.15) is 117 Å². The summed E-state index contributed by atoms with van der Waals surface area (Å²) in [6, 6.07) is 26.1. The molecule has 7 fully saturated rings.